The minimum Gasteiger partial charge on any atom is -0.487 e. The summed E-state index contributed by atoms with van der Waals surface area (Å²) in [6.07, 6.45) is 2.52. The number of thiazole rings is 1. The van der Waals surface area contributed by atoms with E-state index in [-0.39, 0.29) is 34.4 Å². The number of fused-ring (bicyclic) bond motifs is 2. The predicted molar refractivity (Wildman–Crippen MR) is 146 cm³/mol. The number of nitriles is 1. The molecule has 3 aromatic heterocycles. The fraction of sp³-hybridized carbons (Fsp3) is 0.192. The van der Waals surface area contributed by atoms with Crippen LogP contribution in [-0.2, 0) is 4.74 Å². The van der Waals surface area contributed by atoms with Crippen molar-refractivity contribution >= 4 is 56.0 Å². The van der Waals surface area contributed by atoms with Crippen LogP contribution >= 0.6 is 22.9 Å². The molecule has 202 valence electrons. The molecule has 40 heavy (non-hydrogen) atoms. The molecule has 0 aliphatic heterocycles. The monoisotopic (exact) mass is 579 g/mol. The van der Waals surface area contributed by atoms with Gasteiger partial charge in [0, 0.05) is 11.6 Å². The van der Waals surface area contributed by atoms with Crippen LogP contribution in [0.4, 0.5) is 14.9 Å². The molecule has 14 heteroatoms. The molecule has 0 aliphatic rings. The standard InChI is InChI=1S/C26H19ClFN7O4S/c1-12-4-15(23-16(5-12)34-20(37-3)10-32-23)25-35-24-18(40-25)6-17(22(28)21(24)27)38-11-13(2)39-26(36)33-14-8-30-19(7-29)31-9-14/h4-6,8-10,13H,11H2,1-3H3,(H,33,36)/t13-/m1/s1. The lowest BCUT2D eigenvalue weighted by molar-refractivity contribution is 0.0844. The summed E-state index contributed by atoms with van der Waals surface area (Å²) < 4.78 is 31.8. The van der Waals surface area contributed by atoms with Crippen LogP contribution in [0.5, 0.6) is 11.6 Å². The molecule has 0 unspecified atom stereocenters. The minimum atomic E-state index is -0.795. The van der Waals surface area contributed by atoms with Gasteiger partial charge < -0.3 is 14.2 Å². The third kappa shape index (κ3) is 5.54. The molecule has 5 rings (SSSR count). The SMILES string of the molecule is COc1cnc2c(-c3nc4c(Cl)c(F)c(OC[C@@H](C)OC(=O)Nc5cnc(C#N)nc5)cc4s3)cc(C)cc2n1. The Hall–Kier alpha value is -4.67. The number of hydrogen-bond acceptors (Lipinski definition) is 11. The van der Waals surface area contributed by atoms with E-state index >= 15 is 4.39 Å². The highest BCUT2D eigenvalue weighted by Crippen LogP contribution is 2.40. The Kier molecular flexibility index (Phi) is 7.54. The quantitative estimate of drug-likeness (QED) is 0.255. The Labute approximate surface area is 235 Å². The molecule has 0 saturated carbocycles. The predicted octanol–water partition coefficient (Wildman–Crippen LogP) is 5.69. The van der Waals surface area contributed by atoms with Gasteiger partial charge in [0.2, 0.25) is 11.7 Å². The van der Waals surface area contributed by atoms with E-state index in [2.05, 4.69) is 30.2 Å². The van der Waals surface area contributed by atoms with Crippen molar-refractivity contribution in [2.75, 3.05) is 19.0 Å². The van der Waals surface area contributed by atoms with Gasteiger partial charge in [0.15, 0.2) is 11.6 Å². The second kappa shape index (κ2) is 11.2. The van der Waals surface area contributed by atoms with Crippen LogP contribution in [0.3, 0.4) is 0 Å². The number of aryl methyl sites for hydroxylation is 1. The lowest BCUT2D eigenvalue weighted by Crippen LogP contribution is -2.25. The van der Waals surface area contributed by atoms with Gasteiger partial charge in [-0.05, 0) is 31.5 Å². The number of carbonyl (C=O) groups is 1. The van der Waals surface area contributed by atoms with Crippen molar-refractivity contribution in [3.8, 4) is 28.3 Å². The van der Waals surface area contributed by atoms with Gasteiger partial charge in [0.1, 0.15) is 34.3 Å². The fourth-order valence-electron chi connectivity index (χ4n) is 3.73. The number of ether oxygens (including phenoxy) is 3. The van der Waals surface area contributed by atoms with E-state index in [9.17, 15) is 4.79 Å². The highest BCUT2D eigenvalue weighted by atomic mass is 35.5. The lowest BCUT2D eigenvalue weighted by Gasteiger charge is -2.15. The number of carbonyl (C=O) groups excluding carboxylic acids is 1. The molecule has 0 fully saturated rings. The zero-order valence-corrected chi connectivity index (χ0v) is 22.8. The van der Waals surface area contributed by atoms with Crippen LogP contribution in [-0.4, -0.2) is 50.8 Å². The van der Waals surface area contributed by atoms with Crippen molar-refractivity contribution < 1.29 is 23.4 Å². The van der Waals surface area contributed by atoms with Gasteiger partial charge in [-0.15, -0.1) is 11.3 Å². The summed E-state index contributed by atoms with van der Waals surface area (Å²) in [7, 11) is 1.52. The van der Waals surface area contributed by atoms with E-state index in [1.807, 2.05) is 19.1 Å². The van der Waals surface area contributed by atoms with Crippen LogP contribution in [0.1, 0.15) is 18.3 Å². The molecule has 1 atom stereocenters. The van der Waals surface area contributed by atoms with E-state index in [4.69, 9.17) is 31.1 Å². The molecular weight excluding hydrogens is 561 g/mol. The molecule has 5 aromatic rings. The van der Waals surface area contributed by atoms with Crippen LogP contribution in [0.2, 0.25) is 5.02 Å². The van der Waals surface area contributed by atoms with Crippen LogP contribution in [0.15, 0.2) is 36.8 Å². The summed E-state index contributed by atoms with van der Waals surface area (Å²) in [5, 5.41) is 11.6. The number of nitrogens with one attached hydrogen (secondary N) is 1. The number of aromatic nitrogens is 5. The molecule has 1 amide bonds. The molecule has 2 aromatic carbocycles. The van der Waals surface area contributed by atoms with Crippen LogP contribution < -0.4 is 14.8 Å². The topological polar surface area (TPSA) is 145 Å². The van der Waals surface area contributed by atoms with Gasteiger partial charge in [-0.25, -0.2) is 34.1 Å². The fourth-order valence-corrected chi connectivity index (χ4v) is 5.05. The first-order valence-electron chi connectivity index (χ1n) is 11.7. The second-order valence-corrected chi connectivity index (χ2v) is 9.93. The van der Waals surface area contributed by atoms with Gasteiger partial charge in [-0.1, -0.05) is 11.6 Å². The smallest absolute Gasteiger partial charge is 0.412 e. The van der Waals surface area contributed by atoms with Crippen LogP contribution in [0, 0.1) is 24.1 Å². The number of halogens is 2. The van der Waals surface area contributed by atoms with E-state index in [0.717, 1.165) is 11.1 Å². The normalized spacial score (nSPS) is 11.7. The van der Waals surface area contributed by atoms with Crippen LogP contribution in [0.25, 0.3) is 31.8 Å². The molecule has 0 saturated heterocycles. The molecule has 0 bridgehead atoms. The number of rotatable bonds is 7. The van der Waals surface area contributed by atoms with Crippen molar-refractivity contribution in [2.45, 2.75) is 20.0 Å². The Bertz CT molecular complexity index is 1790. The minimum absolute atomic E-state index is 0.0343. The first kappa shape index (κ1) is 26.9. The van der Waals surface area contributed by atoms with Gasteiger partial charge in [0.25, 0.3) is 0 Å². The number of benzene rings is 2. The summed E-state index contributed by atoms with van der Waals surface area (Å²) in [4.78, 5) is 33.2. The van der Waals surface area contributed by atoms with Gasteiger partial charge in [-0.3, -0.25) is 5.32 Å². The van der Waals surface area contributed by atoms with Gasteiger partial charge >= 0.3 is 6.09 Å². The van der Waals surface area contributed by atoms with Crippen molar-refractivity contribution in [2.24, 2.45) is 0 Å². The summed E-state index contributed by atoms with van der Waals surface area (Å²) in [5.41, 5.74) is 3.46. The summed E-state index contributed by atoms with van der Waals surface area (Å²) in [5.74, 6) is -0.536. The van der Waals surface area contributed by atoms with E-state index in [1.54, 1.807) is 13.0 Å². The molecule has 0 radical (unpaired) electrons. The Morgan fingerprint density at radius 3 is 2.67 bits per heavy atom. The first-order valence-corrected chi connectivity index (χ1v) is 12.9. The van der Waals surface area contributed by atoms with Crippen molar-refractivity contribution in [1.29, 1.82) is 5.26 Å². The van der Waals surface area contributed by atoms with Gasteiger partial charge in [-0.2, -0.15) is 5.26 Å². The maximum Gasteiger partial charge on any atom is 0.412 e. The third-order valence-corrected chi connectivity index (χ3v) is 6.90. The molecule has 0 spiro atoms. The van der Waals surface area contributed by atoms with Crippen molar-refractivity contribution in [1.82, 2.24) is 24.9 Å². The number of hydrogen-bond donors (Lipinski definition) is 1. The van der Waals surface area contributed by atoms with E-state index in [1.165, 1.54) is 43.1 Å². The number of amides is 1. The van der Waals surface area contributed by atoms with Crippen molar-refractivity contribution in [3.63, 3.8) is 0 Å². The van der Waals surface area contributed by atoms with E-state index < -0.39 is 18.0 Å². The maximum atomic E-state index is 15.1. The number of methoxy groups -OCH3 is 1. The largest absolute Gasteiger partial charge is 0.487 e. The first-order chi connectivity index (χ1) is 19.2. The molecular formula is C26H19ClFN7O4S. The zero-order chi connectivity index (χ0) is 28.4. The summed E-state index contributed by atoms with van der Waals surface area (Å²) in [6, 6.07) is 7.10. The van der Waals surface area contributed by atoms with Crippen molar-refractivity contribution in [3.05, 3.63) is 59.0 Å². The molecule has 0 aliphatic carbocycles. The highest BCUT2D eigenvalue weighted by Gasteiger charge is 2.21. The number of anilines is 1. The highest BCUT2D eigenvalue weighted by molar-refractivity contribution is 7.21. The Morgan fingerprint density at radius 1 is 1.18 bits per heavy atom. The molecule has 1 N–H and O–H groups in total. The Morgan fingerprint density at radius 2 is 1.95 bits per heavy atom. The summed E-state index contributed by atoms with van der Waals surface area (Å²) >= 11 is 7.65. The van der Waals surface area contributed by atoms with E-state index in [0.29, 0.717) is 26.6 Å². The second-order valence-electron chi connectivity index (χ2n) is 8.52. The van der Waals surface area contributed by atoms with Gasteiger partial charge in [0.05, 0.1) is 47.1 Å². The molecule has 11 nitrogen and oxygen atoms in total. The third-order valence-electron chi connectivity index (χ3n) is 5.52. The zero-order valence-electron chi connectivity index (χ0n) is 21.2. The summed E-state index contributed by atoms with van der Waals surface area (Å²) in [6.45, 7) is 3.36. The lowest BCUT2D eigenvalue weighted by atomic mass is 10.1. The average molecular weight is 580 g/mol. The Balaban J connectivity index is 1.33. The number of nitrogens with zero attached hydrogens (tertiary/aromatic N) is 6. The molecule has 3 heterocycles. The average Bonchev–Trinajstić information content (AvgIpc) is 3.38. The maximum absolute atomic E-state index is 15.1.